The number of phosphoric acid groups is 2. The summed E-state index contributed by atoms with van der Waals surface area (Å²) in [5.74, 6) is -5.77. The van der Waals surface area contributed by atoms with Crippen molar-refractivity contribution in [3.63, 3.8) is 0 Å². The normalized spacial score (nSPS) is 12.5. The first kappa shape index (κ1) is 50.1. The van der Waals surface area contributed by atoms with E-state index in [1.54, 1.807) is 0 Å². The van der Waals surface area contributed by atoms with Crippen LogP contribution in [0.4, 0.5) is 0 Å². The molecule has 13 nitrogen and oxygen atoms in total. The van der Waals surface area contributed by atoms with Gasteiger partial charge in [0.15, 0.2) is 0 Å². The number of carbonyl (C=O) groups is 1. The second kappa shape index (κ2) is 32.5. The molecule has 0 unspecified atom stereocenters. The Bertz CT molecular complexity index is 841. The summed E-state index contributed by atoms with van der Waals surface area (Å²) in [4.78, 5) is 12.8. The predicted molar refractivity (Wildman–Crippen MR) is 189 cm³/mol. The fourth-order valence-electron chi connectivity index (χ4n) is 5.00. The van der Waals surface area contributed by atoms with E-state index in [1.807, 2.05) is 0 Å². The van der Waals surface area contributed by atoms with Gasteiger partial charge < -0.3 is 0 Å². The minimum atomic E-state index is -4.88. The van der Waals surface area contributed by atoms with Crippen molar-refractivity contribution in [2.75, 3.05) is 26.4 Å². The molecular weight excluding hydrogens is 726 g/mol. The number of carboxylic acids is 1. The van der Waals surface area contributed by atoms with Crippen molar-refractivity contribution >= 4 is 21.6 Å². The van der Waals surface area contributed by atoms with Crippen molar-refractivity contribution in [1.82, 2.24) is 0 Å². The maximum atomic E-state index is 14.0. The molecule has 0 aliphatic rings. The van der Waals surface area contributed by atoms with Crippen LogP contribution in [0.15, 0.2) is 0 Å². The standard InChI is InChI=1S/C34H69O11P2.H2O.O.Ti/c1-5-9-13-17-21-25-29-40-46(38,41-30-26-22-18-14-10-6-2)44-34(37,33(35)36)45-47(39,42-31-27-23-19-15-11-7-3)43-32-28-24-20-16-12-8-4;;;/h5-32H2,1-4H3,(H,35,36);1H2;;/q-1;;;+2/p-1. The van der Waals surface area contributed by atoms with Crippen molar-refractivity contribution in [1.29, 1.82) is 0 Å². The van der Waals surface area contributed by atoms with E-state index in [0.717, 1.165) is 128 Å². The summed E-state index contributed by atoms with van der Waals surface area (Å²) in [6.07, 6.45) is 21.4. The number of hydrogen-bond acceptors (Lipinski definition) is 11. The van der Waals surface area contributed by atoms with Crippen molar-refractivity contribution in [3.8, 4) is 0 Å². The van der Waals surface area contributed by atoms with Crippen LogP contribution in [-0.4, -0.2) is 47.2 Å². The Morgan fingerprint density at radius 1 is 0.500 bits per heavy atom. The number of phosphoric ester groups is 2. The Morgan fingerprint density at radius 3 is 0.960 bits per heavy atom. The van der Waals surface area contributed by atoms with Crippen molar-refractivity contribution < 1.29 is 75.1 Å². The third-order valence-electron chi connectivity index (χ3n) is 7.94. The van der Waals surface area contributed by atoms with Gasteiger partial charge in [0.1, 0.15) is 0 Å². The van der Waals surface area contributed by atoms with E-state index in [1.165, 1.54) is 0 Å². The molecule has 0 atom stereocenters. The average Bonchev–Trinajstić information content (AvgIpc) is 3.06. The molecule has 298 valence electrons. The molecule has 0 aliphatic carbocycles. The Balaban J connectivity index is 6.07. The first-order valence-electron chi connectivity index (χ1n) is 19.4. The van der Waals surface area contributed by atoms with Crippen LogP contribution in [0.2, 0.25) is 0 Å². The van der Waals surface area contributed by atoms with Gasteiger partial charge in [0.2, 0.25) is 0 Å². The van der Waals surface area contributed by atoms with Crippen LogP contribution >= 0.6 is 15.6 Å². The molecule has 0 saturated heterocycles. The van der Waals surface area contributed by atoms with Crippen LogP contribution in [0.1, 0.15) is 182 Å². The Morgan fingerprint density at radius 2 is 0.740 bits per heavy atom. The van der Waals surface area contributed by atoms with E-state index in [0.29, 0.717) is 25.7 Å². The van der Waals surface area contributed by atoms with E-state index >= 15 is 0 Å². The van der Waals surface area contributed by atoms with Crippen LogP contribution in [0, 0.1) is 0 Å². The summed E-state index contributed by atoms with van der Waals surface area (Å²) in [6.45, 7) is 7.97. The zero-order valence-corrected chi connectivity index (χ0v) is 34.9. The molecule has 0 fully saturated rings. The van der Waals surface area contributed by atoms with Crippen LogP contribution in [0.25, 0.3) is 0 Å². The maximum absolute atomic E-state index is 14.0. The Hall–Kier alpha value is 0.124. The number of carboxylic acid groups (broad SMARTS) is 1. The Kier molecular flexibility index (Phi) is 32.6. The number of hydrogen-bond donors (Lipinski definition) is 2. The monoisotopic (exact) mass is 796 g/mol. The van der Waals surface area contributed by atoms with E-state index < -0.39 is 46.2 Å². The molecule has 0 spiro atoms. The summed E-state index contributed by atoms with van der Waals surface area (Å²) in [5.41, 5.74) is 0. The van der Waals surface area contributed by atoms with Gasteiger partial charge in [-0.2, -0.15) is 0 Å². The molecule has 0 saturated carbocycles. The molecule has 0 amide bonds. The summed E-state index contributed by atoms with van der Waals surface area (Å²) in [6, 6.07) is 0. The van der Waals surface area contributed by atoms with Gasteiger partial charge in [-0.25, -0.2) is 0 Å². The topological polar surface area (TPSA) is 173 Å². The third kappa shape index (κ3) is 26.8. The van der Waals surface area contributed by atoms with Gasteiger partial charge in [-0.15, -0.1) is 0 Å². The zero-order valence-electron chi connectivity index (χ0n) is 31.6. The van der Waals surface area contributed by atoms with Crippen LogP contribution in [0.3, 0.4) is 0 Å². The van der Waals surface area contributed by atoms with Gasteiger partial charge in [-0.3, -0.25) is 0 Å². The van der Waals surface area contributed by atoms with Gasteiger partial charge in [0.05, 0.1) is 0 Å². The molecule has 0 bridgehead atoms. The summed E-state index contributed by atoms with van der Waals surface area (Å²) in [5, 5.41) is 10.3. The summed E-state index contributed by atoms with van der Waals surface area (Å²) >= 11 is -4.88. The molecule has 0 heterocycles. The van der Waals surface area contributed by atoms with E-state index in [9.17, 15) is 26.0 Å². The first-order chi connectivity index (χ1) is 24.0. The van der Waals surface area contributed by atoms with Gasteiger partial charge in [0.25, 0.3) is 0 Å². The summed E-state index contributed by atoms with van der Waals surface area (Å²) in [7, 11) is -9.68. The number of rotatable bonds is 39. The zero-order chi connectivity index (χ0) is 37.4. The quantitative estimate of drug-likeness (QED) is 0.0260. The van der Waals surface area contributed by atoms with Crippen molar-refractivity contribution in [3.05, 3.63) is 0 Å². The van der Waals surface area contributed by atoms with Gasteiger partial charge >= 0.3 is 283 Å². The minimum absolute atomic E-state index is 0.115. The second-order valence-corrected chi connectivity index (χ2v) is 17.0. The molecule has 0 aromatic rings. The van der Waals surface area contributed by atoms with E-state index in [4.69, 9.17) is 30.5 Å². The van der Waals surface area contributed by atoms with Crippen LogP contribution < -0.4 is 0 Å². The molecular formula is C34H70O13P2Ti. The second-order valence-electron chi connectivity index (χ2n) is 12.7. The van der Waals surface area contributed by atoms with Crippen LogP contribution in [-0.2, 0) is 66.3 Å². The molecule has 50 heavy (non-hydrogen) atoms. The van der Waals surface area contributed by atoms with E-state index in [-0.39, 0.29) is 26.4 Å². The average molecular weight is 797 g/mol. The fourth-order valence-corrected chi connectivity index (χ4v) is 8.57. The summed E-state index contributed by atoms with van der Waals surface area (Å²) < 4.78 is 87.6. The molecule has 0 aliphatic heterocycles. The molecule has 0 aromatic heterocycles. The number of aliphatic carboxylic acids is 1. The molecule has 0 aromatic carbocycles. The predicted octanol–water partition coefficient (Wildman–Crippen LogP) is 11.3. The van der Waals surface area contributed by atoms with E-state index in [2.05, 4.69) is 27.7 Å². The Labute approximate surface area is 309 Å². The SMILES string of the molecule is CCCCCCCCOP(=O)(OCCCCCCCC)OC([O][Ti](=[O])[OH])(OP(=O)(OCCCCCCCC)OCCCCCCCC)C(=O)O. The molecule has 16 heteroatoms. The fraction of sp³-hybridized carbons (Fsp3) is 0.971. The van der Waals surface area contributed by atoms with Crippen molar-refractivity contribution in [2.24, 2.45) is 0 Å². The molecule has 0 rings (SSSR count). The molecule has 2 N–H and O–H groups in total. The number of unbranched alkanes of at least 4 members (excludes halogenated alkanes) is 20. The van der Waals surface area contributed by atoms with Gasteiger partial charge in [0, 0.05) is 0 Å². The third-order valence-corrected chi connectivity index (χ3v) is 11.6. The van der Waals surface area contributed by atoms with Crippen LogP contribution in [0.5, 0.6) is 0 Å². The van der Waals surface area contributed by atoms with Gasteiger partial charge in [-0.05, 0) is 0 Å². The molecule has 0 radical (unpaired) electrons. The van der Waals surface area contributed by atoms with Crippen molar-refractivity contribution in [2.45, 2.75) is 188 Å². The van der Waals surface area contributed by atoms with Gasteiger partial charge in [-0.1, -0.05) is 27.7 Å². The first-order valence-corrected chi connectivity index (χ1v) is 24.3.